The molecule has 1 aliphatic rings. The Kier molecular flexibility index (Phi) is 6.44. The molecule has 1 atom stereocenters. The van der Waals surface area contributed by atoms with Crippen molar-refractivity contribution >= 4 is 34.5 Å². The summed E-state index contributed by atoms with van der Waals surface area (Å²) in [5.41, 5.74) is 3.55. The van der Waals surface area contributed by atoms with Crippen molar-refractivity contribution in [3.63, 3.8) is 0 Å². The zero-order chi connectivity index (χ0) is 17.5. The number of hydrogen-bond acceptors (Lipinski definition) is 4. The summed E-state index contributed by atoms with van der Waals surface area (Å²) in [5.74, 6) is -0.354. The Bertz CT molecular complexity index is 705. The summed E-state index contributed by atoms with van der Waals surface area (Å²) in [4.78, 5) is 17.1. The maximum atomic E-state index is 10.9. The van der Waals surface area contributed by atoms with Crippen molar-refractivity contribution in [2.75, 3.05) is 24.7 Å². The molecule has 2 rings (SSSR count). The fourth-order valence-corrected chi connectivity index (χ4v) is 3.30. The first-order valence-electron chi connectivity index (χ1n) is 7.70. The number of allylic oxidation sites excluding steroid dienone is 3. The third-order valence-electron chi connectivity index (χ3n) is 3.55. The van der Waals surface area contributed by atoms with Gasteiger partial charge in [0.2, 0.25) is 0 Å². The summed E-state index contributed by atoms with van der Waals surface area (Å²) in [6.07, 6.45) is 10.4. The van der Waals surface area contributed by atoms with Crippen LogP contribution in [-0.2, 0) is 11.2 Å². The maximum absolute atomic E-state index is 10.9. The molecule has 5 heteroatoms. The lowest BCUT2D eigenvalue weighted by atomic mass is 10.0. The predicted octanol–water partition coefficient (Wildman–Crippen LogP) is 3.65. The minimum Gasteiger partial charge on any atom is -0.480 e. The van der Waals surface area contributed by atoms with Gasteiger partial charge in [0, 0.05) is 25.5 Å². The average Bonchev–Trinajstić information content (AvgIpc) is 3.01. The van der Waals surface area contributed by atoms with Crippen molar-refractivity contribution in [3.8, 4) is 0 Å². The van der Waals surface area contributed by atoms with Crippen LogP contribution in [0.2, 0.25) is 0 Å². The number of carboxylic acid groups (broad SMARTS) is 1. The molecule has 0 saturated carbocycles. The quantitative estimate of drug-likeness (QED) is 0.607. The highest BCUT2D eigenvalue weighted by atomic mass is 32.2. The summed E-state index contributed by atoms with van der Waals surface area (Å²) >= 11 is 1.47. The van der Waals surface area contributed by atoms with Crippen LogP contribution in [0.5, 0.6) is 0 Å². The number of carboxylic acids is 1. The fourth-order valence-electron chi connectivity index (χ4n) is 2.38. The molecule has 0 radical (unpaired) electrons. The van der Waals surface area contributed by atoms with Crippen LogP contribution in [0, 0.1) is 0 Å². The van der Waals surface area contributed by atoms with Crippen LogP contribution in [0.1, 0.15) is 11.1 Å². The van der Waals surface area contributed by atoms with E-state index in [0.717, 1.165) is 17.0 Å². The van der Waals surface area contributed by atoms with Crippen LogP contribution in [0.4, 0.5) is 5.69 Å². The van der Waals surface area contributed by atoms with E-state index in [1.54, 1.807) is 0 Å². The molecule has 0 bridgehead atoms. The third-order valence-corrected chi connectivity index (χ3v) is 4.57. The molecule has 1 aromatic carbocycles. The summed E-state index contributed by atoms with van der Waals surface area (Å²) in [6.45, 7) is 3.82. The maximum Gasteiger partial charge on any atom is 0.329 e. The number of rotatable bonds is 7. The second-order valence-electron chi connectivity index (χ2n) is 5.63. The molecule has 1 N–H and O–H groups in total. The zero-order valence-electron chi connectivity index (χ0n) is 14.0. The molecule has 1 aliphatic heterocycles. The average molecular weight is 342 g/mol. The fraction of sp³-hybridized carbons (Fsp3) is 0.263. The molecule has 126 valence electrons. The molecular weight excluding hydrogens is 320 g/mol. The highest BCUT2D eigenvalue weighted by Gasteiger charge is 2.22. The van der Waals surface area contributed by atoms with E-state index < -0.39 is 12.0 Å². The first-order valence-corrected chi connectivity index (χ1v) is 8.69. The third kappa shape index (κ3) is 4.86. The van der Waals surface area contributed by atoms with Crippen LogP contribution >= 0.6 is 11.8 Å². The summed E-state index contributed by atoms with van der Waals surface area (Å²) < 4.78 is 0. The lowest BCUT2D eigenvalue weighted by molar-refractivity contribution is -0.137. The van der Waals surface area contributed by atoms with Gasteiger partial charge in [-0.1, -0.05) is 30.4 Å². The number of nitrogens with zero attached hydrogens (tertiary/aromatic N) is 2. The van der Waals surface area contributed by atoms with Crippen molar-refractivity contribution in [2.45, 2.75) is 12.5 Å². The zero-order valence-corrected chi connectivity index (χ0v) is 14.8. The summed E-state index contributed by atoms with van der Waals surface area (Å²) in [7, 11) is 4.06. The van der Waals surface area contributed by atoms with Crippen LogP contribution < -0.4 is 4.90 Å². The van der Waals surface area contributed by atoms with Gasteiger partial charge in [-0.2, -0.15) is 0 Å². The molecule has 24 heavy (non-hydrogen) atoms. The monoisotopic (exact) mass is 342 g/mol. The molecule has 0 aliphatic carbocycles. The van der Waals surface area contributed by atoms with E-state index in [1.165, 1.54) is 23.0 Å². The van der Waals surface area contributed by atoms with Crippen molar-refractivity contribution in [2.24, 2.45) is 4.99 Å². The second kappa shape index (κ2) is 8.55. The smallest absolute Gasteiger partial charge is 0.329 e. The summed E-state index contributed by atoms with van der Waals surface area (Å²) in [6, 6.07) is 5.73. The van der Waals surface area contributed by atoms with Crippen molar-refractivity contribution in [1.82, 2.24) is 0 Å². The Morgan fingerprint density at radius 1 is 1.42 bits per heavy atom. The first kappa shape index (κ1) is 18.1. The van der Waals surface area contributed by atoms with Gasteiger partial charge < -0.3 is 10.0 Å². The van der Waals surface area contributed by atoms with Crippen molar-refractivity contribution in [3.05, 3.63) is 60.2 Å². The Balaban J connectivity index is 2.05. The van der Waals surface area contributed by atoms with Gasteiger partial charge in [-0.15, -0.1) is 18.3 Å². The number of aliphatic imine (C=N–C) groups is 1. The normalized spacial score (nSPS) is 17.4. The second-order valence-corrected chi connectivity index (χ2v) is 6.67. The Labute approximate surface area is 147 Å². The molecule has 4 nitrogen and oxygen atoms in total. The number of aliphatic carboxylic acids is 1. The van der Waals surface area contributed by atoms with Gasteiger partial charge in [-0.25, -0.2) is 4.79 Å². The number of carbonyl (C=O) groups is 1. The molecule has 1 heterocycles. The number of thioether (sulfide) groups is 1. The Morgan fingerprint density at radius 2 is 2.17 bits per heavy atom. The van der Waals surface area contributed by atoms with Gasteiger partial charge >= 0.3 is 5.97 Å². The highest BCUT2D eigenvalue weighted by Crippen LogP contribution is 2.22. The molecule has 0 aromatic heterocycles. The number of benzene rings is 1. The lowest BCUT2D eigenvalue weighted by Gasteiger charge is -2.17. The molecule has 1 aromatic rings. The molecule has 1 unspecified atom stereocenters. The van der Waals surface area contributed by atoms with E-state index in [2.05, 4.69) is 34.7 Å². The topological polar surface area (TPSA) is 52.9 Å². The largest absolute Gasteiger partial charge is 0.480 e. The van der Waals surface area contributed by atoms with Gasteiger partial charge in [-0.3, -0.25) is 4.99 Å². The van der Waals surface area contributed by atoms with Gasteiger partial charge in [-0.05, 0) is 35.8 Å². The Morgan fingerprint density at radius 3 is 2.79 bits per heavy atom. The Hall–Kier alpha value is -2.27. The van der Waals surface area contributed by atoms with E-state index in [-0.39, 0.29) is 0 Å². The minimum absolute atomic E-state index is 0.510. The van der Waals surface area contributed by atoms with E-state index in [9.17, 15) is 4.79 Å². The highest BCUT2D eigenvalue weighted by molar-refractivity contribution is 8.14. The predicted molar refractivity (Wildman–Crippen MR) is 104 cm³/mol. The van der Waals surface area contributed by atoms with E-state index in [1.807, 2.05) is 44.5 Å². The molecular formula is C19H22N2O2S. The van der Waals surface area contributed by atoms with Gasteiger partial charge in [0.15, 0.2) is 6.04 Å². The van der Waals surface area contributed by atoms with Crippen molar-refractivity contribution < 1.29 is 9.90 Å². The van der Waals surface area contributed by atoms with Crippen LogP contribution in [-0.4, -0.2) is 42.0 Å². The van der Waals surface area contributed by atoms with E-state index >= 15 is 0 Å². The molecule has 0 spiro atoms. The molecule has 0 fully saturated rings. The lowest BCUT2D eigenvalue weighted by Crippen LogP contribution is -2.16. The molecule has 0 saturated heterocycles. The van der Waals surface area contributed by atoms with E-state index in [4.69, 9.17) is 5.11 Å². The van der Waals surface area contributed by atoms with Crippen molar-refractivity contribution in [1.29, 1.82) is 0 Å². The van der Waals surface area contributed by atoms with E-state index in [0.29, 0.717) is 5.75 Å². The van der Waals surface area contributed by atoms with Gasteiger partial charge in [0.05, 0.1) is 5.04 Å². The SMILES string of the molecule is C=CCc1cc(/C=C/C=C/C2=NC(C(=O)O)CS2)ccc1N(C)C. The summed E-state index contributed by atoms with van der Waals surface area (Å²) in [5, 5.41) is 9.68. The van der Waals surface area contributed by atoms with Crippen LogP contribution in [0.15, 0.2) is 54.1 Å². The van der Waals surface area contributed by atoms with Gasteiger partial charge in [0.1, 0.15) is 0 Å². The van der Waals surface area contributed by atoms with Crippen LogP contribution in [0.3, 0.4) is 0 Å². The number of anilines is 1. The van der Waals surface area contributed by atoms with Crippen LogP contribution in [0.25, 0.3) is 6.08 Å². The standard InChI is InChI=1S/C19H22N2O2S/c1-4-7-15-12-14(10-11-17(15)21(2)3)8-5-6-9-18-20-16(13-24-18)19(22)23/h4-6,8-12,16H,1,7,13H2,2-3H3,(H,22,23)/b8-5+,9-6+. The first-order chi connectivity index (χ1) is 11.5. The molecule has 0 amide bonds. The minimum atomic E-state index is -0.864. The number of hydrogen-bond donors (Lipinski definition) is 1. The van der Waals surface area contributed by atoms with Gasteiger partial charge in [0.25, 0.3) is 0 Å².